The summed E-state index contributed by atoms with van der Waals surface area (Å²) >= 11 is 0. The Morgan fingerprint density at radius 1 is 1.29 bits per heavy atom. The van der Waals surface area contributed by atoms with Crippen LogP contribution < -0.4 is 0 Å². The maximum atomic E-state index is 12.5. The Hall–Kier alpha value is -1.88. The van der Waals surface area contributed by atoms with Crippen molar-refractivity contribution in [2.75, 3.05) is 13.2 Å². The maximum absolute atomic E-state index is 12.5. The lowest BCUT2D eigenvalue weighted by Gasteiger charge is -2.35. The van der Waals surface area contributed by atoms with Gasteiger partial charge in [-0.05, 0) is 23.5 Å². The van der Waals surface area contributed by atoms with Crippen LogP contribution >= 0.6 is 0 Å². The first-order chi connectivity index (χ1) is 10.1. The number of hydrogen-bond acceptors (Lipinski definition) is 3. The van der Waals surface area contributed by atoms with Crippen molar-refractivity contribution in [1.82, 2.24) is 4.90 Å². The third-order valence-corrected chi connectivity index (χ3v) is 4.34. The molecular formula is C16H19NO4. The van der Waals surface area contributed by atoms with Gasteiger partial charge in [0, 0.05) is 32.6 Å². The summed E-state index contributed by atoms with van der Waals surface area (Å²) in [4.78, 5) is 25.5. The van der Waals surface area contributed by atoms with E-state index in [1.54, 1.807) is 0 Å². The van der Waals surface area contributed by atoms with E-state index in [0.29, 0.717) is 32.6 Å². The number of aliphatic carboxylic acids is 1. The number of ether oxygens (including phenoxy) is 1. The summed E-state index contributed by atoms with van der Waals surface area (Å²) in [7, 11) is 0. The molecule has 5 nitrogen and oxygen atoms in total. The van der Waals surface area contributed by atoms with Gasteiger partial charge in [-0.15, -0.1) is 0 Å². The van der Waals surface area contributed by atoms with Gasteiger partial charge in [-0.25, -0.2) is 4.79 Å². The number of fused-ring (bicyclic) bond motifs is 1. The Balaban J connectivity index is 1.78. The Kier molecular flexibility index (Phi) is 3.92. The van der Waals surface area contributed by atoms with Crippen molar-refractivity contribution < 1.29 is 19.4 Å². The highest BCUT2D eigenvalue weighted by Gasteiger charge is 2.35. The standard InChI is InChI=1S/C16H19NO4/c18-15(7-11-5-6-21-10-11)17-9-13-4-2-1-3-12(13)8-14(17)16(19)20/h1-4,11,14H,5-10H2,(H,19,20)/t11-,14+/m0/s1. The van der Waals surface area contributed by atoms with Crippen molar-refractivity contribution >= 4 is 11.9 Å². The third-order valence-electron chi connectivity index (χ3n) is 4.34. The second-order valence-corrected chi connectivity index (χ2v) is 5.78. The van der Waals surface area contributed by atoms with E-state index in [1.807, 2.05) is 24.3 Å². The van der Waals surface area contributed by atoms with Crippen LogP contribution in [0.4, 0.5) is 0 Å². The topological polar surface area (TPSA) is 66.8 Å². The van der Waals surface area contributed by atoms with E-state index in [1.165, 1.54) is 4.90 Å². The molecule has 1 aromatic carbocycles. The normalized spacial score (nSPS) is 24.7. The lowest BCUT2D eigenvalue weighted by Crippen LogP contribution is -2.49. The Morgan fingerprint density at radius 3 is 2.71 bits per heavy atom. The zero-order valence-corrected chi connectivity index (χ0v) is 11.8. The SMILES string of the molecule is O=C(O)[C@H]1Cc2ccccc2CN1C(=O)C[C@@H]1CCOC1. The number of nitrogens with zero attached hydrogens (tertiary/aromatic N) is 1. The van der Waals surface area contributed by atoms with Crippen LogP contribution in [-0.2, 0) is 27.3 Å². The van der Waals surface area contributed by atoms with Crippen molar-refractivity contribution in [3.05, 3.63) is 35.4 Å². The fourth-order valence-corrected chi connectivity index (χ4v) is 3.11. The smallest absolute Gasteiger partial charge is 0.326 e. The largest absolute Gasteiger partial charge is 0.480 e. The molecule has 0 bridgehead atoms. The predicted molar refractivity (Wildman–Crippen MR) is 75.7 cm³/mol. The third kappa shape index (κ3) is 2.93. The number of hydrogen-bond donors (Lipinski definition) is 1. The Labute approximate surface area is 123 Å². The van der Waals surface area contributed by atoms with Gasteiger partial charge in [0.1, 0.15) is 6.04 Å². The molecular weight excluding hydrogens is 270 g/mol. The molecule has 2 aliphatic rings. The van der Waals surface area contributed by atoms with Crippen LogP contribution in [0.15, 0.2) is 24.3 Å². The summed E-state index contributed by atoms with van der Waals surface area (Å²) in [5, 5.41) is 9.43. The summed E-state index contributed by atoms with van der Waals surface area (Å²) < 4.78 is 5.29. The highest BCUT2D eigenvalue weighted by Crippen LogP contribution is 2.26. The summed E-state index contributed by atoms with van der Waals surface area (Å²) in [5.41, 5.74) is 2.07. The average molecular weight is 289 g/mol. The summed E-state index contributed by atoms with van der Waals surface area (Å²) in [6.45, 7) is 1.69. The molecule has 112 valence electrons. The number of carbonyl (C=O) groups is 2. The molecule has 2 heterocycles. The van der Waals surface area contributed by atoms with E-state index in [2.05, 4.69) is 0 Å². The fourth-order valence-electron chi connectivity index (χ4n) is 3.11. The van der Waals surface area contributed by atoms with Crippen molar-refractivity contribution in [3.63, 3.8) is 0 Å². The van der Waals surface area contributed by atoms with Gasteiger partial charge in [0.05, 0.1) is 0 Å². The molecule has 21 heavy (non-hydrogen) atoms. The number of carboxylic acid groups (broad SMARTS) is 1. The molecule has 1 amide bonds. The fraction of sp³-hybridized carbons (Fsp3) is 0.500. The number of carbonyl (C=O) groups excluding carboxylic acids is 1. The molecule has 1 fully saturated rings. The quantitative estimate of drug-likeness (QED) is 0.914. The zero-order chi connectivity index (χ0) is 14.8. The van der Waals surface area contributed by atoms with Gasteiger partial charge in [0.25, 0.3) is 0 Å². The van der Waals surface area contributed by atoms with E-state index in [4.69, 9.17) is 4.74 Å². The molecule has 1 saturated heterocycles. The van der Waals surface area contributed by atoms with E-state index in [9.17, 15) is 14.7 Å². The first kappa shape index (κ1) is 14.1. The number of amides is 1. The van der Waals surface area contributed by atoms with Crippen LogP contribution in [0.2, 0.25) is 0 Å². The van der Waals surface area contributed by atoms with Crippen molar-refractivity contribution in [2.45, 2.75) is 31.8 Å². The summed E-state index contributed by atoms with van der Waals surface area (Å²) in [5.74, 6) is -0.781. The van der Waals surface area contributed by atoms with E-state index < -0.39 is 12.0 Å². The minimum atomic E-state index is -0.930. The second kappa shape index (κ2) is 5.85. The van der Waals surface area contributed by atoms with Gasteiger partial charge in [-0.3, -0.25) is 4.79 Å². The monoisotopic (exact) mass is 289 g/mol. The van der Waals surface area contributed by atoms with Gasteiger partial charge in [-0.2, -0.15) is 0 Å². The molecule has 0 unspecified atom stereocenters. The Bertz CT molecular complexity index is 551. The molecule has 0 aromatic heterocycles. The van der Waals surface area contributed by atoms with Crippen LogP contribution in [0.1, 0.15) is 24.0 Å². The van der Waals surface area contributed by atoms with Gasteiger partial charge in [-0.1, -0.05) is 24.3 Å². The van der Waals surface area contributed by atoms with Gasteiger partial charge >= 0.3 is 5.97 Å². The van der Waals surface area contributed by atoms with E-state index in [-0.39, 0.29) is 11.8 Å². The van der Waals surface area contributed by atoms with Gasteiger partial charge in [0.15, 0.2) is 0 Å². The van der Waals surface area contributed by atoms with Gasteiger partial charge < -0.3 is 14.7 Å². The molecule has 2 aliphatic heterocycles. The number of benzene rings is 1. The lowest BCUT2D eigenvalue weighted by molar-refractivity contribution is -0.151. The van der Waals surface area contributed by atoms with Crippen molar-refractivity contribution in [1.29, 1.82) is 0 Å². The Morgan fingerprint density at radius 2 is 2.05 bits per heavy atom. The van der Waals surface area contributed by atoms with Crippen LogP contribution in [0.3, 0.4) is 0 Å². The summed E-state index contributed by atoms with van der Waals surface area (Å²) in [6, 6.07) is 6.98. The second-order valence-electron chi connectivity index (χ2n) is 5.78. The number of rotatable bonds is 3. The van der Waals surface area contributed by atoms with E-state index >= 15 is 0 Å². The average Bonchev–Trinajstić information content (AvgIpc) is 2.98. The highest BCUT2D eigenvalue weighted by atomic mass is 16.5. The first-order valence-corrected chi connectivity index (χ1v) is 7.32. The molecule has 0 spiro atoms. The van der Waals surface area contributed by atoms with E-state index in [0.717, 1.165) is 17.5 Å². The van der Waals surface area contributed by atoms with Crippen molar-refractivity contribution in [3.8, 4) is 0 Å². The van der Waals surface area contributed by atoms with Crippen LogP contribution in [0.25, 0.3) is 0 Å². The minimum Gasteiger partial charge on any atom is -0.480 e. The molecule has 1 N–H and O–H groups in total. The zero-order valence-electron chi connectivity index (χ0n) is 11.8. The van der Waals surface area contributed by atoms with Gasteiger partial charge in [0.2, 0.25) is 5.91 Å². The molecule has 1 aromatic rings. The molecule has 0 radical (unpaired) electrons. The molecule has 5 heteroatoms. The van der Waals surface area contributed by atoms with Crippen LogP contribution in [-0.4, -0.2) is 41.1 Å². The first-order valence-electron chi connectivity index (χ1n) is 7.32. The molecule has 0 aliphatic carbocycles. The molecule has 2 atom stereocenters. The van der Waals surface area contributed by atoms with Crippen molar-refractivity contribution in [2.24, 2.45) is 5.92 Å². The van der Waals surface area contributed by atoms with Crippen LogP contribution in [0.5, 0.6) is 0 Å². The van der Waals surface area contributed by atoms with Crippen LogP contribution in [0, 0.1) is 5.92 Å². The maximum Gasteiger partial charge on any atom is 0.326 e. The molecule has 3 rings (SSSR count). The highest BCUT2D eigenvalue weighted by molar-refractivity contribution is 5.84. The summed E-state index contributed by atoms with van der Waals surface area (Å²) in [6.07, 6.45) is 1.65. The minimum absolute atomic E-state index is 0.0765. The lowest BCUT2D eigenvalue weighted by atomic mass is 9.93. The predicted octanol–water partition coefficient (Wildman–Crippen LogP) is 1.45. The number of carboxylic acids is 1. The molecule has 0 saturated carbocycles.